The predicted molar refractivity (Wildman–Crippen MR) is 68.0 cm³/mol. The molecule has 0 saturated heterocycles. The van der Waals surface area contributed by atoms with E-state index in [1.807, 2.05) is 6.07 Å². The Kier molecular flexibility index (Phi) is 3.66. The van der Waals surface area contributed by atoms with Gasteiger partial charge in [-0.15, -0.1) is 6.42 Å². The van der Waals surface area contributed by atoms with Crippen molar-refractivity contribution in [2.24, 2.45) is 0 Å². The largest absolute Gasteiger partial charge is 0.449 e. The van der Waals surface area contributed by atoms with E-state index in [9.17, 15) is 4.79 Å². The van der Waals surface area contributed by atoms with Crippen LogP contribution in [0.25, 0.3) is 11.3 Å². The van der Waals surface area contributed by atoms with E-state index < -0.39 is 5.97 Å². The molecule has 2 aromatic rings. The lowest BCUT2D eigenvalue weighted by molar-refractivity contribution is 0.0521. The number of hydrogen-bond acceptors (Lipinski definition) is 4. The molecular formula is C15H9NO3. The van der Waals surface area contributed by atoms with Gasteiger partial charge in [-0.2, -0.15) is 5.26 Å². The third-order valence-electron chi connectivity index (χ3n) is 2.39. The highest BCUT2D eigenvalue weighted by Crippen LogP contribution is 2.22. The van der Waals surface area contributed by atoms with E-state index >= 15 is 0 Å². The third kappa shape index (κ3) is 2.83. The van der Waals surface area contributed by atoms with Gasteiger partial charge in [-0.05, 0) is 36.4 Å². The first-order chi connectivity index (χ1) is 9.24. The van der Waals surface area contributed by atoms with E-state index in [-0.39, 0.29) is 12.4 Å². The molecule has 1 aromatic heterocycles. The standard InChI is InChI=1S/C15H9NO3/c1-2-9-18-15(17)14-8-7-13(19-14)12-5-3-11(10-16)4-6-12/h1,3-8H,9H2. The van der Waals surface area contributed by atoms with Crippen molar-refractivity contribution in [3.63, 3.8) is 0 Å². The molecule has 1 heterocycles. The number of esters is 1. The molecule has 0 fully saturated rings. The minimum atomic E-state index is -0.599. The normalized spacial score (nSPS) is 9.37. The number of benzene rings is 1. The highest BCUT2D eigenvalue weighted by Gasteiger charge is 2.13. The SMILES string of the molecule is C#CCOC(=O)c1ccc(-c2ccc(C#N)cc2)o1. The number of nitriles is 1. The van der Waals surface area contributed by atoms with Crippen LogP contribution in [0.4, 0.5) is 0 Å². The third-order valence-corrected chi connectivity index (χ3v) is 2.39. The molecule has 0 N–H and O–H groups in total. The zero-order valence-electron chi connectivity index (χ0n) is 9.92. The van der Waals surface area contributed by atoms with Gasteiger partial charge in [0.2, 0.25) is 5.76 Å². The fourth-order valence-electron chi connectivity index (χ4n) is 1.49. The van der Waals surface area contributed by atoms with Crippen LogP contribution in [0.5, 0.6) is 0 Å². The fraction of sp³-hybridized carbons (Fsp3) is 0.0667. The number of carbonyl (C=O) groups excluding carboxylic acids is 1. The maximum atomic E-state index is 11.5. The summed E-state index contributed by atoms with van der Waals surface area (Å²) in [6, 6.07) is 12.0. The summed E-state index contributed by atoms with van der Waals surface area (Å²) in [4.78, 5) is 11.5. The molecule has 0 aliphatic rings. The lowest BCUT2D eigenvalue weighted by Gasteiger charge is -1.98. The monoisotopic (exact) mass is 251 g/mol. The lowest BCUT2D eigenvalue weighted by Crippen LogP contribution is -2.03. The second-order valence-corrected chi connectivity index (χ2v) is 3.63. The van der Waals surface area contributed by atoms with Crippen LogP contribution in [0.15, 0.2) is 40.8 Å². The summed E-state index contributed by atoms with van der Waals surface area (Å²) in [6.45, 7) is -0.0915. The summed E-state index contributed by atoms with van der Waals surface area (Å²) in [5.41, 5.74) is 1.33. The summed E-state index contributed by atoms with van der Waals surface area (Å²) in [7, 11) is 0. The Balaban J connectivity index is 2.19. The Morgan fingerprint density at radius 2 is 2.00 bits per heavy atom. The average Bonchev–Trinajstić information content (AvgIpc) is 2.94. The molecule has 4 heteroatoms. The van der Waals surface area contributed by atoms with Crippen molar-refractivity contribution in [3.05, 3.63) is 47.7 Å². The van der Waals surface area contributed by atoms with Crippen molar-refractivity contribution in [1.29, 1.82) is 5.26 Å². The van der Waals surface area contributed by atoms with Crippen LogP contribution in [0.1, 0.15) is 16.1 Å². The Morgan fingerprint density at radius 3 is 2.63 bits per heavy atom. The molecule has 0 spiro atoms. The minimum Gasteiger partial charge on any atom is -0.449 e. The Labute approximate surface area is 110 Å². The van der Waals surface area contributed by atoms with Crippen molar-refractivity contribution in [2.45, 2.75) is 0 Å². The summed E-state index contributed by atoms with van der Waals surface area (Å²) < 4.78 is 10.1. The van der Waals surface area contributed by atoms with Crippen LogP contribution in [-0.2, 0) is 4.74 Å². The Morgan fingerprint density at radius 1 is 1.26 bits per heavy atom. The quantitative estimate of drug-likeness (QED) is 0.621. The van der Waals surface area contributed by atoms with Crippen LogP contribution in [-0.4, -0.2) is 12.6 Å². The number of nitrogens with zero attached hydrogens (tertiary/aromatic N) is 1. The molecule has 2 rings (SSSR count). The van der Waals surface area contributed by atoms with Crippen LogP contribution >= 0.6 is 0 Å². The smallest absolute Gasteiger partial charge is 0.375 e. The van der Waals surface area contributed by atoms with E-state index in [2.05, 4.69) is 5.92 Å². The predicted octanol–water partition coefficient (Wildman–Crippen LogP) is 2.61. The molecule has 0 amide bonds. The molecule has 0 aliphatic carbocycles. The van der Waals surface area contributed by atoms with E-state index in [1.54, 1.807) is 30.3 Å². The summed E-state index contributed by atoms with van der Waals surface area (Å²) in [5, 5.41) is 8.71. The second-order valence-electron chi connectivity index (χ2n) is 3.63. The molecule has 0 aliphatic heterocycles. The van der Waals surface area contributed by atoms with Crippen molar-refractivity contribution in [1.82, 2.24) is 0 Å². The van der Waals surface area contributed by atoms with Crippen molar-refractivity contribution >= 4 is 5.97 Å². The maximum absolute atomic E-state index is 11.5. The van der Waals surface area contributed by atoms with Gasteiger partial charge in [0.15, 0.2) is 6.61 Å². The first kappa shape index (κ1) is 12.5. The number of rotatable bonds is 3. The number of carbonyl (C=O) groups is 1. The van der Waals surface area contributed by atoms with Gasteiger partial charge in [0.05, 0.1) is 11.6 Å². The highest BCUT2D eigenvalue weighted by molar-refractivity contribution is 5.87. The van der Waals surface area contributed by atoms with Gasteiger partial charge in [0.1, 0.15) is 5.76 Å². The van der Waals surface area contributed by atoms with Crippen LogP contribution in [0.3, 0.4) is 0 Å². The molecule has 0 unspecified atom stereocenters. The topological polar surface area (TPSA) is 63.2 Å². The zero-order chi connectivity index (χ0) is 13.7. The molecule has 0 saturated carbocycles. The molecule has 4 nitrogen and oxygen atoms in total. The molecule has 0 radical (unpaired) electrons. The fourth-order valence-corrected chi connectivity index (χ4v) is 1.49. The van der Waals surface area contributed by atoms with E-state index in [1.165, 1.54) is 6.07 Å². The molecular weight excluding hydrogens is 242 g/mol. The second kappa shape index (κ2) is 5.57. The Hall–Kier alpha value is -2.98. The van der Waals surface area contributed by atoms with Gasteiger partial charge < -0.3 is 9.15 Å². The van der Waals surface area contributed by atoms with E-state index in [0.29, 0.717) is 11.3 Å². The zero-order valence-corrected chi connectivity index (χ0v) is 9.92. The van der Waals surface area contributed by atoms with Crippen LogP contribution in [0, 0.1) is 23.7 Å². The molecule has 1 aromatic carbocycles. The van der Waals surface area contributed by atoms with E-state index in [0.717, 1.165) is 5.56 Å². The number of ether oxygens (including phenoxy) is 1. The van der Waals surface area contributed by atoms with Crippen LogP contribution in [0.2, 0.25) is 0 Å². The molecule has 19 heavy (non-hydrogen) atoms. The van der Waals surface area contributed by atoms with Crippen molar-refractivity contribution in [2.75, 3.05) is 6.61 Å². The summed E-state index contributed by atoms with van der Waals surface area (Å²) >= 11 is 0. The van der Waals surface area contributed by atoms with Gasteiger partial charge in [0.25, 0.3) is 0 Å². The summed E-state index contributed by atoms with van der Waals surface area (Å²) in [6.07, 6.45) is 4.99. The molecule has 92 valence electrons. The van der Waals surface area contributed by atoms with Gasteiger partial charge >= 0.3 is 5.97 Å². The van der Waals surface area contributed by atoms with Crippen molar-refractivity contribution in [3.8, 4) is 29.7 Å². The Bertz CT molecular complexity index is 669. The lowest BCUT2D eigenvalue weighted by atomic mass is 10.1. The number of furan rings is 1. The minimum absolute atomic E-state index is 0.0915. The summed E-state index contributed by atoms with van der Waals surface area (Å²) in [5.74, 6) is 2.22. The van der Waals surface area contributed by atoms with Gasteiger partial charge in [-0.3, -0.25) is 0 Å². The maximum Gasteiger partial charge on any atom is 0.375 e. The molecule has 0 atom stereocenters. The van der Waals surface area contributed by atoms with Gasteiger partial charge in [0, 0.05) is 5.56 Å². The number of terminal acetylenes is 1. The highest BCUT2D eigenvalue weighted by atomic mass is 16.5. The van der Waals surface area contributed by atoms with Gasteiger partial charge in [-0.25, -0.2) is 4.79 Å². The first-order valence-electron chi connectivity index (χ1n) is 5.45. The van der Waals surface area contributed by atoms with E-state index in [4.69, 9.17) is 20.8 Å². The first-order valence-corrected chi connectivity index (χ1v) is 5.45. The van der Waals surface area contributed by atoms with Gasteiger partial charge in [-0.1, -0.05) is 5.92 Å². The van der Waals surface area contributed by atoms with Crippen molar-refractivity contribution < 1.29 is 13.9 Å². The number of hydrogen-bond donors (Lipinski definition) is 0. The average molecular weight is 251 g/mol. The molecule has 0 bridgehead atoms. The van der Waals surface area contributed by atoms with Crippen LogP contribution < -0.4 is 0 Å².